The standard InChI is InChI=1S/C20H20N4O3/c1-2-14-4-6-15(7-5-14)20-21-23-24(22-20)13-17(25)16-8-9-18-19(12-16)27-11-3-10-26-18/h4-9,12H,2-3,10-11,13H2,1H3. The van der Waals surface area contributed by atoms with Crippen LogP contribution in [0, 0.1) is 0 Å². The zero-order chi connectivity index (χ0) is 18.6. The van der Waals surface area contributed by atoms with E-state index < -0.39 is 0 Å². The van der Waals surface area contributed by atoms with Crippen molar-refractivity contribution in [3.63, 3.8) is 0 Å². The van der Waals surface area contributed by atoms with Gasteiger partial charge in [-0.25, -0.2) is 0 Å². The number of hydrogen-bond donors (Lipinski definition) is 0. The first-order valence-electron chi connectivity index (χ1n) is 9.03. The minimum atomic E-state index is -0.115. The Labute approximate surface area is 156 Å². The second-order valence-electron chi connectivity index (χ2n) is 6.33. The third kappa shape index (κ3) is 3.81. The van der Waals surface area contributed by atoms with Crippen LogP contribution in [0.1, 0.15) is 29.3 Å². The van der Waals surface area contributed by atoms with E-state index in [9.17, 15) is 4.79 Å². The van der Waals surface area contributed by atoms with Gasteiger partial charge in [0, 0.05) is 17.5 Å². The van der Waals surface area contributed by atoms with Gasteiger partial charge in [-0.15, -0.1) is 10.2 Å². The first kappa shape index (κ1) is 17.2. The van der Waals surface area contributed by atoms with Gasteiger partial charge in [-0.1, -0.05) is 31.2 Å². The lowest BCUT2D eigenvalue weighted by atomic mass is 10.1. The predicted molar refractivity (Wildman–Crippen MR) is 99.0 cm³/mol. The van der Waals surface area contributed by atoms with Gasteiger partial charge in [0.15, 0.2) is 17.3 Å². The summed E-state index contributed by atoms with van der Waals surface area (Å²) in [5, 5.41) is 12.4. The Morgan fingerprint density at radius 1 is 1.07 bits per heavy atom. The number of nitrogens with zero attached hydrogens (tertiary/aromatic N) is 4. The van der Waals surface area contributed by atoms with Gasteiger partial charge in [0.25, 0.3) is 0 Å². The number of rotatable bonds is 5. The van der Waals surface area contributed by atoms with Crippen molar-refractivity contribution in [3.05, 3.63) is 53.6 Å². The number of benzene rings is 2. The van der Waals surface area contributed by atoms with Gasteiger partial charge in [0.05, 0.1) is 13.2 Å². The van der Waals surface area contributed by atoms with Crippen LogP contribution in [0.4, 0.5) is 0 Å². The average molecular weight is 364 g/mol. The third-order valence-corrected chi connectivity index (χ3v) is 4.43. The van der Waals surface area contributed by atoms with Crippen molar-refractivity contribution in [2.24, 2.45) is 0 Å². The molecular formula is C20H20N4O3. The first-order chi connectivity index (χ1) is 13.2. The van der Waals surface area contributed by atoms with Gasteiger partial charge in [-0.05, 0) is 35.4 Å². The monoisotopic (exact) mass is 364 g/mol. The second-order valence-corrected chi connectivity index (χ2v) is 6.33. The lowest BCUT2D eigenvalue weighted by Gasteiger charge is -2.08. The normalized spacial score (nSPS) is 13.2. The van der Waals surface area contributed by atoms with E-state index in [-0.39, 0.29) is 12.3 Å². The molecule has 0 amide bonds. The molecule has 0 saturated carbocycles. The van der Waals surface area contributed by atoms with Crippen molar-refractivity contribution in [1.82, 2.24) is 20.2 Å². The highest BCUT2D eigenvalue weighted by atomic mass is 16.5. The number of carbonyl (C=O) groups excluding carboxylic acids is 1. The molecule has 0 aliphatic carbocycles. The van der Waals surface area contributed by atoms with Crippen LogP contribution in [-0.4, -0.2) is 39.2 Å². The summed E-state index contributed by atoms with van der Waals surface area (Å²) in [6.45, 7) is 3.31. The van der Waals surface area contributed by atoms with Crippen LogP contribution in [-0.2, 0) is 13.0 Å². The Kier molecular flexibility index (Phi) is 4.82. The molecule has 0 unspecified atom stereocenters. The maximum atomic E-state index is 12.6. The maximum absolute atomic E-state index is 12.6. The zero-order valence-electron chi connectivity index (χ0n) is 15.1. The van der Waals surface area contributed by atoms with E-state index in [0.717, 1.165) is 18.4 Å². The van der Waals surface area contributed by atoms with Gasteiger partial charge in [-0.2, -0.15) is 4.80 Å². The Morgan fingerprint density at radius 3 is 2.63 bits per heavy atom. The molecule has 1 aromatic heterocycles. The minimum Gasteiger partial charge on any atom is -0.490 e. The van der Waals surface area contributed by atoms with Crippen molar-refractivity contribution < 1.29 is 14.3 Å². The zero-order valence-corrected chi connectivity index (χ0v) is 15.1. The number of aromatic nitrogens is 4. The molecule has 27 heavy (non-hydrogen) atoms. The molecule has 0 spiro atoms. The third-order valence-electron chi connectivity index (χ3n) is 4.43. The molecule has 0 bridgehead atoms. The lowest BCUT2D eigenvalue weighted by Crippen LogP contribution is -2.13. The van der Waals surface area contributed by atoms with E-state index in [1.165, 1.54) is 10.4 Å². The summed E-state index contributed by atoms with van der Waals surface area (Å²) >= 11 is 0. The first-order valence-corrected chi connectivity index (χ1v) is 9.03. The van der Waals surface area contributed by atoms with Gasteiger partial charge >= 0.3 is 0 Å². The SMILES string of the molecule is CCc1ccc(-c2nnn(CC(=O)c3ccc4c(c3)OCCCO4)n2)cc1. The molecule has 0 N–H and O–H groups in total. The van der Waals surface area contributed by atoms with Crippen molar-refractivity contribution in [1.29, 1.82) is 0 Å². The lowest BCUT2D eigenvalue weighted by molar-refractivity contribution is 0.0961. The maximum Gasteiger partial charge on any atom is 0.204 e. The van der Waals surface area contributed by atoms with Crippen LogP contribution in [0.15, 0.2) is 42.5 Å². The molecule has 7 heteroatoms. The number of aryl methyl sites for hydroxylation is 1. The number of fused-ring (bicyclic) bond motifs is 1. The molecule has 0 atom stereocenters. The predicted octanol–water partition coefficient (Wildman–Crippen LogP) is 2.95. The van der Waals surface area contributed by atoms with Gasteiger partial charge in [0.2, 0.25) is 5.82 Å². The molecule has 0 saturated heterocycles. The molecule has 2 aromatic carbocycles. The topological polar surface area (TPSA) is 79.1 Å². The summed E-state index contributed by atoms with van der Waals surface area (Å²) in [5.41, 5.74) is 2.66. The Morgan fingerprint density at radius 2 is 1.85 bits per heavy atom. The number of ether oxygens (including phenoxy) is 2. The number of Topliss-reactive ketones (excluding diaryl/α,β-unsaturated/α-hetero) is 1. The Bertz CT molecular complexity index is 950. The van der Waals surface area contributed by atoms with Gasteiger partial charge in [-0.3, -0.25) is 4.79 Å². The van der Waals surface area contributed by atoms with Gasteiger partial charge < -0.3 is 9.47 Å². The Balaban J connectivity index is 1.48. The van der Waals surface area contributed by atoms with Crippen molar-refractivity contribution in [3.8, 4) is 22.9 Å². The van der Waals surface area contributed by atoms with E-state index in [4.69, 9.17) is 9.47 Å². The molecule has 0 radical (unpaired) electrons. The highest BCUT2D eigenvalue weighted by molar-refractivity contribution is 5.96. The molecule has 1 aliphatic heterocycles. The van der Waals surface area contributed by atoms with Crippen LogP contribution >= 0.6 is 0 Å². The second kappa shape index (κ2) is 7.57. The van der Waals surface area contributed by atoms with Crippen LogP contribution in [0.3, 0.4) is 0 Å². The van der Waals surface area contributed by atoms with E-state index in [1.54, 1.807) is 18.2 Å². The molecule has 2 heterocycles. The molecule has 4 rings (SSSR count). The summed E-state index contributed by atoms with van der Waals surface area (Å²) in [6.07, 6.45) is 1.80. The number of hydrogen-bond acceptors (Lipinski definition) is 6. The molecule has 7 nitrogen and oxygen atoms in total. The minimum absolute atomic E-state index is 0.0136. The van der Waals surface area contributed by atoms with E-state index in [1.807, 2.05) is 24.3 Å². The van der Waals surface area contributed by atoms with E-state index in [2.05, 4.69) is 22.3 Å². The number of ketones is 1. The fourth-order valence-electron chi connectivity index (χ4n) is 2.87. The van der Waals surface area contributed by atoms with Crippen LogP contribution < -0.4 is 9.47 Å². The summed E-state index contributed by atoms with van der Waals surface area (Å²) in [4.78, 5) is 13.9. The van der Waals surface area contributed by atoms with Crippen molar-refractivity contribution in [2.45, 2.75) is 26.3 Å². The molecule has 1 aliphatic rings. The smallest absolute Gasteiger partial charge is 0.204 e. The van der Waals surface area contributed by atoms with E-state index >= 15 is 0 Å². The summed E-state index contributed by atoms with van der Waals surface area (Å²) in [6, 6.07) is 13.2. The number of tetrazole rings is 1. The largest absolute Gasteiger partial charge is 0.490 e. The van der Waals surface area contributed by atoms with Crippen molar-refractivity contribution >= 4 is 5.78 Å². The highest BCUT2D eigenvalue weighted by Gasteiger charge is 2.16. The summed E-state index contributed by atoms with van der Waals surface area (Å²) in [5.74, 6) is 1.65. The quantitative estimate of drug-likeness (QED) is 0.648. The fourth-order valence-corrected chi connectivity index (χ4v) is 2.87. The molecule has 3 aromatic rings. The Hall–Kier alpha value is -3.22. The van der Waals surface area contributed by atoms with E-state index in [0.29, 0.717) is 36.1 Å². The van der Waals surface area contributed by atoms with Crippen molar-refractivity contribution in [2.75, 3.05) is 13.2 Å². The highest BCUT2D eigenvalue weighted by Crippen LogP contribution is 2.30. The molecule has 0 fully saturated rings. The summed E-state index contributed by atoms with van der Waals surface area (Å²) in [7, 11) is 0. The van der Waals surface area contributed by atoms with Crippen LogP contribution in [0.5, 0.6) is 11.5 Å². The molecule has 138 valence electrons. The van der Waals surface area contributed by atoms with Crippen LogP contribution in [0.2, 0.25) is 0 Å². The molecular weight excluding hydrogens is 344 g/mol. The number of carbonyl (C=O) groups is 1. The van der Waals surface area contributed by atoms with Gasteiger partial charge in [0.1, 0.15) is 6.54 Å². The fraction of sp³-hybridized carbons (Fsp3) is 0.300. The van der Waals surface area contributed by atoms with Crippen LogP contribution in [0.25, 0.3) is 11.4 Å². The average Bonchev–Trinajstić information content (AvgIpc) is 3.03. The summed E-state index contributed by atoms with van der Waals surface area (Å²) < 4.78 is 11.2.